The monoisotopic (exact) mass is 398 g/mol. The van der Waals surface area contributed by atoms with Crippen LogP contribution in [0.5, 0.6) is 0 Å². The second kappa shape index (κ2) is 8.26. The van der Waals surface area contributed by atoms with Gasteiger partial charge in [-0.25, -0.2) is 12.7 Å². The van der Waals surface area contributed by atoms with E-state index in [4.69, 9.17) is 0 Å². The van der Waals surface area contributed by atoms with Crippen LogP contribution in [0.2, 0.25) is 0 Å². The molecule has 1 amide bonds. The van der Waals surface area contributed by atoms with Gasteiger partial charge in [0.05, 0.1) is 17.6 Å². The van der Waals surface area contributed by atoms with Crippen LogP contribution in [-0.4, -0.2) is 24.1 Å². The number of nitrogens with one attached hydrogen (secondary N) is 1. The van der Waals surface area contributed by atoms with Crippen molar-refractivity contribution in [3.63, 3.8) is 0 Å². The van der Waals surface area contributed by atoms with E-state index in [1.54, 1.807) is 47.3 Å². The summed E-state index contributed by atoms with van der Waals surface area (Å²) in [5.41, 5.74) is 3.96. The van der Waals surface area contributed by atoms with Crippen molar-refractivity contribution in [3.8, 4) is 0 Å². The van der Waals surface area contributed by atoms with Crippen molar-refractivity contribution in [2.45, 2.75) is 20.4 Å². The Hall–Kier alpha value is -3.13. The van der Waals surface area contributed by atoms with Crippen molar-refractivity contribution in [3.05, 3.63) is 77.1 Å². The molecule has 0 aliphatic rings. The highest BCUT2D eigenvalue weighted by atomic mass is 32.2. The first-order chi connectivity index (χ1) is 13.3. The van der Waals surface area contributed by atoms with E-state index in [9.17, 15) is 13.2 Å². The van der Waals surface area contributed by atoms with Gasteiger partial charge in [0.25, 0.3) is 5.91 Å². The van der Waals surface area contributed by atoms with Crippen LogP contribution in [-0.2, 0) is 24.5 Å². The minimum absolute atomic E-state index is 0.282. The van der Waals surface area contributed by atoms with E-state index in [0.29, 0.717) is 23.5 Å². The Morgan fingerprint density at radius 3 is 2.61 bits per heavy atom. The molecule has 1 aromatic heterocycles. The average Bonchev–Trinajstić information content (AvgIpc) is 3.06. The fourth-order valence-corrected chi connectivity index (χ4v) is 3.61. The predicted octanol–water partition coefficient (Wildman–Crippen LogP) is 2.63. The first-order valence-electron chi connectivity index (χ1n) is 8.72. The van der Waals surface area contributed by atoms with Crippen molar-refractivity contribution in [1.29, 1.82) is 0 Å². The summed E-state index contributed by atoms with van der Waals surface area (Å²) in [5, 5.41) is 6.90. The number of carbonyl (C=O) groups excluding carboxylic acids is 1. The van der Waals surface area contributed by atoms with E-state index in [-0.39, 0.29) is 5.91 Å². The highest BCUT2D eigenvalue weighted by molar-refractivity contribution is 7.74. The Labute approximate surface area is 165 Å². The molecule has 0 atom stereocenters. The third kappa shape index (κ3) is 4.40. The van der Waals surface area contributed by atoms with Gasteiger partial charge in [0.15, 0.2) is 0 Å². The second-order valence-corrected chi connectivity index (χ2v) is 7.47. The number of hydrogen-bond donors (Lipinski definition) is 2. The van der Waals surface area contributed by atoms with Crippen molar-refractivity contribution in [2.75, 3.05) is 4.31 Å². The number of thiol groups is 1. The molecule has 0 spiro atoms. The molecule has 1 N–H and O–H groups in total. The number of aromatic nitrogens is 2. The first-order valence-corrected chi connectivity index (χ1v) is 9.85. The maximum absolute atomic E-state index is 12.6. The van der Waals surface area contributed by atoms with E-state index in [1.165, 1.54) is 4.31 Å². The quantitative estimate of drug-likeness (QED) is 0.625. The molecule has 0 aliphatic heterocycles. The van der Waals surface area contributed by atoms with Gasteiger partial charge < -0.3 is 5.32 Å². The van der Waals surface area contributed by atoms with Gasteiger partial charge in [0.1, 0.15) is 0 Å². The summed E-state index contributed by atoms with van der Waals surface area (Å²) in [6, 6.07) is 12.2. The average molecular weight is 398 g/mol. The van der Waals surface area contributed by atoms with Crippen LogP contribution in [0.25, 0.3) is 0 Å². The lowest BCUT2D eigenvalue weighted by atomic mass is 10.1. The zero-order chi connectivity index (χ0) is 20.3. The SMILES string of the molecule is Cc1cccc(N(c2cc(C(=O)NCc3cnn(C)c3)ccc2C)[SH](=O)=O)c1. The van der Waals surface area contributed by atoms with Gasteiger partial charge >= 0.3 is 0 Å². The summed E-state index contributed by atoms with van der Waals surface area (Å²) in [6.07, 6.45) is 3.50. The molecule has 3 rings (SSSR count). The van der Waals surface area contributed by atoms with Gasteiger partial charge in [-0.05, 0) is 49.2 Å². The summed E-state index contributed by atoms with van der Waals surface area (Å²) in [5.74, 6) is -0.282. The molecular weight excluding hydrogens is 376 g/mol. The zero-order valence-electron chi connectivity index (χ0n) is 15.9. The number of carbonyl (C=O) groups is 1. The van der Waals surface area contributed by atoms with E-state index < -0.39 is 10.9 Å². The molecule has 0 bridgehead atoms. The number of nitrogens with zero attached hydrogens (tertiary/aromatic N) is 3. The molecule has 0 radical (unpaired) electrons. The Morgan fingerprint density at radius 2 is 1.96 bits per heavy atom. The summed E-state index contributed by atoms with van der Waals surface area (Å²) in [6.45, 7) is 4.05. The van der Waals surface area contributed by atoms with E-state index >= 15 is 0 Å². The molecule has 0 aliphatic carbocycles. The van der Waals surface area contributed by atoms with Crippen molar-refractivity contribution >= 4 is 28.2 Å². The molecule has 28 heavy (non-hydrogen) atoms. The van der Waals surface area contributed by atoms with Crippen LogP contribution < -0.4 is 9.62 Å². The molecule has 0 saturated heterocycles. The zero-order valence-corrected chi connectivity index (χ0v) is 16.8. The second-order valence-electron chi connectivity index (χ2n) is 6.59. The summed E-state index contributed by atoms with van der Waals surface area (Å²) in [4.78, 5) is 12.6. The van der Waals surface area contributed by atoms with Gasteiger partial charge in [-0.2, -0.15) is 5.10 Å². The van der Waals surface area contributed by atoms with E-state index in [0.717, 1.165) is 16.7 Å². The molecular formula is C20H22N4O3S. The highest BCUT2D eigenvalue weighted by Crippen LogP contribution is 2.30. The lowest BCUT2D eigenvalue weighted by molar-refractivity contribution is 0.0951. The molecule has 7 nitrogen and oxygen atoms in total. The van der Waals surface area contributed by atoms with Crippen LogP contribution in [0.3, 0.4) is 0 Å². The number of aryl methyl sites for hydroxylation is 3. The van der Waals surface area contributed by atoms with Gasteiger partial charge in [-0.1, -0.05) is 18.2 Å². The Morgan fingerprint density at radius 1 is 1.18 bits per heavy atom. The molecule has 0 fully saturated rings. The minimum atomic E-state index is -2.93. The number of rotatable bonds is 6. The number of anilines is 2. The van der Waals surface area contributed by atoms with Crippen LogP contribution in [0.4, 0.5) is 11.4 Å². The van der Waals surface area contributed by atoms with Crippen molar-refractivity contribution in [2.24, 2.45) is 7.05 Å². The molecule has 2 aromatic carbocycles. The van der Waals surface area contributed by atoms with Gasteiger partial charge in [-0.15, -0.1) is 0 Å². The summed E-state index contributed by atoms with van der Waals surface area (Å²) >= 11 is 0. The van der Waals surface area contributed by atoms with Crippen molar-refractivity contribution in [1.82, 2.24) is 15.1 Å². The van der Waals surface area contributed by atoms with Crippen LogP contribution >= 0.6 is 0 Å². The Kier molecular flexibility index (Phi) is 5.79. The fourth-order valence-electron chi connectivity index (χ4n) is 2.91. The predicted molar refractivity (Wildman–Crippen MR) is 109 cm³/mol. The van der Waals surface area contributed by atoms with Crippen molar-refractivity contribution < 1.29 is 13.2 Å². The fraction of sp³-hybridized carbons (Fsp3) is 0.200. The molecule has 8 heteroatoms. The van der Waals surface area contributed by atoms with Crippen LogP contribution in [0, 0.1) is 13.8 Å². The van der Waals surface area contributed by atoms with Crippen LogP contribution in [0.15, 0.2) is 54.9 Å². The number of benzene rings is 2. The Balaban J connectivity index is 1.90. The minimum Gasteiger partial charge on any atom is -0.348 e. The molecule has 1 heterocycles. The maximum Gasteiger partial charge on any atom is 0.251 e. The van der Waals surface area contributed by atoms with Gasteiger partial charge in [-0.3, -0.25) is 9.48 Å². The lowest BCUT2D eigenvalue weighted by Crippen LogP contribution is -2.23. The van der Waals surface area contributed by atoms with E-state index in [2.05, 4.69) is 10.4 Å². The third-order valence-corrected chi connectivity index (χ3v) is 5.09. The normalized spacial score (nSPS) is 10.9. The van der Waals surface area contributed by atoms with Gasteiger partial charge in [0.2, 0.25) is 10.9 Å². The van der Waals surface area contributed by atoms with Crippen LogP contribution in [0.1, 0.15) is 27.0 Å². The third-order valence-electron chi connectivity index (χ3n) is 4.32. The lowest BCUT2D eigenvalue weighted by Gasteiger charge is -2.21. The number of hydrogen-bond acceptors (Lipinski definition) is 4. The molecule has 3 aromatic rings. The summed E-state index contributed by atoms with van der Waals surface area (Å²) < 4.78 is 26.9. The standard InChI is InChI=1S/C20H22N4O3S/c1-14-5-4-6-18(9-14)24(28(26)27)19-10-17(8-7-15(19)2)20(25)21-11-16-12-22-23(3)13-16/h4-10,12-13,28H,11H2,1-3H3,(H,21,25). The Bertz CT molecular complexity index is 1080. The number of amides is 1. The largest absolute Gasteiger partial charge is 0.348 e. The van der Waals surface area contributed by atoms with Gasteiger partial charge in [0, 0.05) is 30.9 Å². The van der Waals surface area contributed by atoms with E-state index in [1.807, 2.05) is 33.2 Å². The molecule has 0 unspecified atom stereocenters. The molecule has 146 valence electrons. The highest BCUT2D eigenvalue weighted by Gasteiger charge is 2.17. The molecule has 0 saturated carbocycles. The first kappa shape index (κ1) is 19.6. The smallest absolute Gasteiger partial charge is 0.251 e. The summed E-state index contributed by atoms with van der Waals surface area (Å²) in [7, 11) is -1.12. The maximum atomic E-state index is 12.6. The topological polar surface area (TPSA) is 84.3 Å².